The number of piperidine rings is 1. The molecule has 0 atom stereocenters. The van der Waals surface area contributed by atoms with Gasteiger partial charge in [0.25, 0.3) is 0 Å². The largest absolute Gasteiger partial charge is 0.492 e. The molecule has 10 heteroatoms. The van der Waals surface area contributed by atoms with E-state index in [2.05, 4.69) is 70.5 Å². The lowest BCUT2D eigenvalue weighted by atomic mass is 9.86. The molecule has 1 aliphatic rings. The number of amides is 1. The molecule has 1 aliphatic heterocycles. The van der Waals surface area contributed by atoms with E-state index in [1.54, 1.807) is 6.20 Å². The maximum absolute atomic E-state index is 12.7. The fourth-order valence-corrected chi connectivity index (χ4v) is 5.55. The van der Waals surface area contributed by atoms with Crippen molar-refractivity contribution in [1.82, 2.24) is 35.0 Å². The van der Waals surface area contributed by atoms with Gasteiger partial charge in [0, 0.05) is 43.4 Å². The van der Waals surface area contributed by atoms with Crippen LogP contribution in [0.2, 0.25) is 0 Å². The number of fused-ring (bicyclic) bond motifs is 3. The molecule has 1 saturated heterocycles. The Bertz CT molecular complexity index is 1400. The normalized spacial score (nSPS) is 15.6. The minimum Gasteiger partial charge on any atom is -0.492 e. The van der Waals surface area contributed by atoms with E-state index < -0.39 is 0 Å². The zero-order chi connectivity index (χ0) is 26.9. The van der Waals surface area contributed by atoms with E-state index in [9.17, 15) is 4.79 Å². The van der Waals surface area contributed by atoms with Gasteiger partial charge in [-0.1, -0.05) is 13.8 Å². The van der Waals surface area contributed by atoms with Crippen LogP contribution in [0.3, 0.4) is 0 Å². The first-order valence-corrected chi connectivity index (χ1v) is 13.4. The summed E-state index contributed by atoms with van der Waals surface area (Å²) >= 11 is 0. The molecule has 0 aromatic carbocycles. The summed E-state index contributed by atoms with van der Waals surface area (Å²) in [5, 5.41) is 16.1. The van der Waals surface area contributed by atoms with Gasteiger partial charge < -0.3 is 19.9 Å². The number of hydrogen-bond donors (Lipinski definition) is 2. The lowest BCUT2D eigenvalue weighted by molar-refractivity contribution is -0.124. The maximum atomic E-state index is 12.7. The third kappa shape index (κ3) is 5.31. The van der Waals surface area contributed by atoms with E-state index >= 15 is 0 Å². The highest BCUT2D eigenvalue weighted by atomic mass is 16.5. The average Bonchev–Trinajstić information content (AvgIpc) is 3.44. The quantitative estimate of drug-likeness (QED) is 0.348. The SMILES string of the molecule is CCOc1cc(-c2ccc(N3CCC(CN(C)C)(NC(=O)CC(C)C)CC3)nc2)c2c3cn[nH]c3nn2c1. The number of anilines is 1. The Hall–Kier alpha value is -3.66. The van der Waals surface area contributed by atoms with Crippen molar-refractivity contribution in [2.45, 2.75) is 45.6 Å². The molecule has 0 aliphatic carbocycles. The van der Waals surface area contributed by atoms with Crippen molar-refractivity contribution in [2.24, 2.45) is 5.92 Å². The van der Waals surface area contributed by atoms with Crippen molar-refractivity contribution >= 4 is 28.3 Å². The van der Waals surface area contributed by atoms with Crippen LogP contribution < -0.4 is 15.0 Å². The number of carbonyl (C=O) groups is 1. The fourth-order valence-electron chi connectivity index (χ4n) is 5.55. The molecule has 0 radical (unpaired) electrons. The highest BCUT2D eigenvalue weighted by Crippen LogP contribution is 2.34. The second-order valence-corrected chi connectivity index (χ2v) is 11.0. The zero-order valence-corrected chi connectivity index (χ0v) is 23.0. The summed E-state index contributed by atoms with van der Waals surface area (Å²) in [7, 11) is 4.14. The van der Waals surface area contributed by atoms with Gasteiger partial charge in [-0.05, 0) is 58.0 Å². The highest BCUT2D eigenvalue weighted by molar-refractivity contribution is 6.00. The molecule has 2 N–H and O–H groups in total. The second kappa shape index (κ2) is 10.6. The molecule has 202 valence electrons. The number of hydrogen-bond acceptors (Lipinski definition) is 7. The van der Waals surface area contributed by atoms with E-state index in [-0.39, 0.29) is 11.4 Å². The first-order chi connectivity index (χ1) is 18.3. The lowest BCUT2D eigenvalue weighted by Gasteiger charge is -2.44. The van der Waals surface area contributed by atoms with E-state index in [0.29, 0.717) is 18.9 Å². The predicted octanol–water partition coefficient (Wildman–Crippen LogP) is 3.73. The number of nitrogens with zero attached hydrogens (tertiary/aromatic N) is 6. The Morgan fingerprint density at radius 1 is 1.24 bits per heavy atom. The van der Waals surface area contributed by atoms with Crippen LogP contribution in [0.25, 0.3) is 27.7 Å². The number of ether oxygens (including phenoxy) is 1. The van der Waals surface area contributed by atoms with Crippen molar-refractivity contribution in [3.05, 3.63) is 36.8 Å². The highest BCUT2D eigenvalue weighted by Gasteiger charge is 2.36. The van der Waals surface area contributed by atoms with Gasteiger partial charge in [0.1, 0.15) is 11.6 Å². The summed E-state index contributed by atoms with van der Waals surface area (Å²) < 4.78 is 7.66. The van der Waals surface area contributed by atoms with Crippen LogP contribution in [-0.2, 0) is 4.79 Å². The summed E-state index contributed by atoms with van der Waals surface area (Å²) in [6.07, 6.45) is 7.93. The van der Waals surface area contributed by atoms with Gasteiger partial charge in [0.15, 0.2) is 5.65 Å². The van der Waals surface area contributed by atoms with Gasteiger partial charge in [-0.3, -0.25) is 9.89 Å². The molecule has 0 bridgehead atoms. The van der Waals surface area contributed by atoms with Gasteiger partial charge >= 0.3 is 0 Å². The average molecular weight is 519 g/mol. The molecular formula is C28H38N8O2. The number of H-pyrrole nitrogens is 1. The third-order valence-electron chi connectivity index (χ3n) is 7.13. The van der Waals surface area contributed by atoms with Crippen molar-refractivity contribution in [2.75, 3.05) is 45.2 Å². The number of pyridine rings is 2. The molecule has 38 heavy (non-hydrogen) atoms. The second-order valence-electron chi connectivity index (χ2n) is 11.0. The van der Waals surface area contributed by atoms with Gasteiger partial charge in [0.05, 0.1) is 35.4 Å². The summed E-state index contributed by atoms with van der Waals surface area (Å²) in [6.45, 7) is 9.22. The van der Waals surface area contributed by atoms with E-state index in [0.717, 1.165) is 71.7 Å². The van der Waals surface area contributed by atoms with Crippen LogP contribution in [0.4, 0.5) is 5.82 Å². The van der Waals surface area contributed by atoms with Gasteiger partial charge in [-0.15, -0.1) is 5.10 Å². The number of likely N-dealkylation sites (N-methyl/N-ethyl adjacent to an activating group) is 1. The molecule has 10 nitrogen and oxygen atoms in total. The van der Waals surface area contributed by atoms with Crippen LogP contribution in [0.5, 0.6) is 5.75 Å². The first kappa shape index (κ1) is 26.0. The molecule has 1 amide bonds. The Morgan fingerprint density at radius 2 is 2.03 bits per heavy atom. The minimum absolute atomic E-state index is 0.143. The van der Waals surface area contributed by atoms with Crippen molar-refractivity contribution in [3.8, 4) is 16.9 Å². The van der Waals surface area contributed by atoms with Crippen molar-refractivity contribution in [3.63, 3.8) is 0 Å². The fraction of sp³-hybridized carbons (Fsp3) is 0.500. The van der Waals surface area contributed by atoms with Crippen LogP contribution in [0.15, 0.2) is 36.8 Å². The first-order valence-electron chi connectivity index (χ1n) is 13.4. The molecule has 0 unspecified atom stereocenters. The summed E-state index contributed by atoms with van der Waals surface area (Å²) in [6, 6.07) is 6.23. The van der Waals surface area contributed by atoms with Gasteiger partial charge in [-0.2, -0.15) is 5.10 Å². The molecule has 5 rings (SSSR count). The standard InChI is InChI=1S/C28H38N8O2/c1-6-38-21-14-22(26-23-16-30-32-27(23)33-36(26)17-21)20-7-8-24(29-15-20)35-11-9-28(10-12-35,18-34(4)5)31-25(37)13-19(2)3/h7-8,14-17,19H,6,9-13,18H2,1-5H3,(H,31,37)(H,32,33). The Labute approximate surface area is 223 Å². The van der Waals surface area contributed by atoms with E-state index in [4.69, 9.17) is 9.72 Å². The van der Waals surface area contributed by atoms with Crippen molar-refractivity contribution < 1.29 is 9.53 Å². The van der Waals surface area contributed by atoms with Crippen LogP contribution in [-0.4, -0.2) is 81.5 Å². The van der Waals surface area contributed by atoms with Crippen LogP contribution in [0, 0.1) is 5.92 Å². The maximum Gasteiger partial charge on any atom is 0.220 e. The minimum atomic E-state index is -0.213. The molecule has 5 heterocycles. The molecular weight excluding hydrogens is 480 g/mol. The molecule has 0 saturated carbocycles. The molecule has 4 aromatic rings. The summed E-state index contributed by atoms with van der Waals surface area (Å²) in [5.74, 6) is 2.19. The van der Waals surface area contributed by atoms with Gasteiger partial charge in [0.2, 0.25) is 5.91 Å². The number of rotatable bonds is 9. The molecule has 1 fully saturated rings. The number of nitrogens with one attached hydrogen (secondary N) is 2. The number of aromatic nitrogens is 5. The third-order valence-corrected chi connectivity index (χ3v) is 7.13. The van der Waals surface area contributed by atoms with E-state index in [1.165, 1.54) is 0 Å². The Balaban J connectivity index is 1.37. The predicted molar refractivity (Wildman–Crippen MR) is 150 cm³/mol. The zero-order valence-electron chi connectivity index (χ0n) is 23.0. The van der Waals surface area contributed by atoms with Crippen LogP contribution >= 0.6 is 0 Å². The Morgan fingerprint density at radius 3 is 2.68 bits per heavy atom. The smallest absolute Gasteiger partial charge is 0.220 e. The van der Waals surface area contributed by atoms with Gasteiger partial charge in [-0.25, -0.2) is 9.50 Å². The lowest BCUT2D eigenvalue weighted by Crippen LogP contribution is -2.60. The summed E-state index contributed by atoms with van der Waals surface area (Å²) in [4.78, 5) is 22.0. The van der Waals surface area contributed by atoms with E-state index in [1.807, 2.05) is 29.9 Å². The van der Waals surface area contributed by atoms with Crippen molar-refractivity contribution in [1.29, 1.82) is 0 Å². The number of carbonyl (C=O) groups excluding carboxylic acids is 1. The monoisotopic (exact) mass is 518 g/mol. The number of aromatic amines is 1. The molecule has 0 spiro atoms. The molecule has 4 aromatic heterocycles. The van der Waals surface area contributed by atoms with Crippen LogP contribution in [0.1, 0.15) is 40.0 Å². The Kier molecular flexibility index (Phi) is 7.25. The summed E-state index contributed by atoms with van der Waals surface area (Å²) in [5.41, 5.74) is 3.48. The topological polar surface area (TPSA) is 104 Å².